The van der Waals surface area contributed by atoms with Gasteiger partial charge in [0.2, 0.25) is 10.0 Å². The Morgan fingerprint density at radius 2 is 1.82 bits per heavy atom. The standard InChI is InChI=1S/C21H24N2O4S/c1-3-4-12-23(28(25,26)19-8-6-5-7-9-19)15-17-13-16-14-18(27-2)10-11-20(16)22-21(17)24/h5-11,13-14H,3-4,12,15H2,1-2H3,(H,22,24). The van der Waals surface area contributed by atoms with E-state index >= 15 is 0 Å². The van der Waals surface area contributed by atoms with E-state index in [4.69, 9.17) is 4.74 Å². The lowest BCUT2D eigenvalue weighted by molar-refractivity contribution is 0.396. The molecule has 3 rings (SSSR count). The third-order valence-corrected chi connectivity index (χ3v) is 6.48. The van der Waals surface area contributed by atoms with Gasteiger partial charge in [0.15, 0.2) is 0 Å². The Morgan fingerprint density at radius 1 is 1.07 bits per heavy atom. The molecule has 0 unspecified atom stereocenters. The van der Waals surface area contributed by atoms with Gasteiger partial charge >= 0.3 is 0 Å². The molecule has 3 aromatic rings. The van der Waals surface area contributed by atoms with Gasteiger partial charge in [-0.15, -0.1) is 0 Å². The zero-order chi connectivity index (χ0) is 20.1. The topological polar surface area (TPSA) is 79.5 Å². The summed E-state index contributed by atoms with van der Waals surface area (Å²) in [5.41, 5.74) is 0.791. The fraction of sp³-hybridized carbons (Fsp3) is 0.286. The zero-order valence-corrected chi connectivity index (χ0v) is 16.8. The SMILES string of the molecule is CCCCN(Cc1cc2cc(OC)ccc2[nH]c1=O)S(=O)(=O)c1ccccc1. The van der Waals surface area contributed by atoms with Gasteiger partial charge in [0.25, 0.3) is 5.56 Å². The number of fused-ring (bicyclic) bond motifs is 1. The lowest BCUT2D eigenvalue weighted by Gasteiger charge is -2.22. The second-order valence-corrected chi connectivity index (χ2v) is 8.52. The highest BCUT2D eigenvalue weighted by molar-refractivity contribution is 7.89. The lowest BCUT2D eigenvalue weighted by Crippen LogP contribution is -2.33. The molecular weight excluding hydrogens is 376 g/mol. The number of H-pyrrole nitrogens is 1. The van der Waals surface area contributed by atoms with Gasteiger partial charge < -0.3 is 9.72 Å². The van der Waals surface area contributed by atoms with Gasteiger partial charge in [0, 0.05) is 29.6 Å². The predicted octanol–water partition coefficient (Wildman–Crippen LogP) is 3.53. The van der Waals surface area contributed by atoms with Crippen molar-refractivity contribution in [1.82, 2.24) is 9.29 Å². The van der Waals surface area contributed by atoms with Crippen molar-refractivity contribution in [3.05, 3.63) is 70.5 Å². The number of nitrogens with one attached hydrogen (secondary N) is 1. The number of pyridine rings is 1. The lowest BCUT2D eigenvalue weighted by atomic mass is 10.1. The van der Waals surface area contributed by atoms with Gasteiger partial charge in [-0.05, 0) is 42.8 Å². The second kappa shape index (κ2) is 8.58. The first-order valence-corrected chi connectivity index (χ1v) is 10.6. The van der Waals surface area contributed by atoms with Gasteiger partial charge in [-0.1, -0.05) is 31.5 Å². The molecule has 0 atom stereocenters. The maximum atomic E-state index is 13.1. The highest BCUT2D eigenvalue weighted by Gasteiger charge is 2.25. The fourth-order valence-corrected chi connectivity index (χ4v) is 4.50. The summed E-state index contributed by atoms with van der Waals surface area (Å²) in [6, 6.07) is 15.4. The van der Waals surface area contributed by atoms with Crippen LogP contribution in [0.5, 0.6) is 5.75 Å². The molecule has 7 heteroatoms. The van der Waals surface area contributed by atoms with Crippen LogP contribution < -0.4 is 10.3 Å². The monoisotopic (exact) mass is 400 g/mol. The molecule has 1 N–H and O–H groups in total. The number of unbranched alkanes of at least 4 members (excludes halogenated alkanes) is 1. The summed E-state index contributed by atoms with van der Waals surface area (Å²) in [5, 5.41) is 0.793. The van der Waals surface area contributed by atoms with E-state index in [0.717, 1.165) is 11.8 Å². The summed E-state index contributed by atoms with van der Waals surface area (Å²) in [4.78, 5) is 15.6. The molecule has 0 radical (unpaired) electrons. The first-order chi connectivity index (χ1) is 13.5. The Balaban J connectivity index is 2.01. The van der Waals surface area contributed by atoms with E-state index in [1.165, 1.54) is 4.31 Å². The van der Waals surface area contributed by atoms with E-state index in [1.807, 2.05) is 13.0 Å². The molecule has 2 aromatic carbocycles. The third-order valence-electron chi connectivity index (χ3n) is 4.62. The van der Waals surface area contributed by atoms with Crippen LogP contribution in [0.3, 0.4) is 0 Å². The van der Waals surface area contributed by atoms with Gasteiger partial charge in [-0.25, -0.2) is 8.42 Å². The number of hydrogen-bond donors (Lipinski definition) is 1. The predicted molar refractivity (Wildman–Crippen MR) is 110 cm³/mol. The average molecular weight is 401 g/mol. The highest BCUT2D eigenvalue weighted by atomic mass is 32.2. The van der Waals surface area contributed by atoms with Crippen LogP contribution >= 0.6 is 0 Å². The van der Waals surface area contributed by atoms with Crippen LogP contribution in [-0.4, -0.2) is 31.4 Å². The molecule has 6 nitrogen and oxygen atoms in total. The molecular formula is C21H24N2O4S. The summed E-state index contributed by atoms with van der Waals surface area (Å²) in [5.74, 6) is 0.672. The molecule has 0 spiro atoms. The van der Waals surface area contributed by atoms with E-state index in [-0.39, 0.29) is 17.0 Å². The van der Waals surface area contributed by atoms with Crippen LogP contribution in [0.2, 0.25) is 0 Å². The third kappa shape index (κ3) is 4.26. The van der Waals surface area contributed by atoms with Crippen LogP contribution in [0, 0.1) is 0 Å². The van der Waals surface area contributed by atoms with Crippen molar-refractivity contribution in [1.29, 1.82) is 0 Å². The quantitative estimate of drug-likeness (QED) is 0.627. The number of ether oxygens (including phenoxy) is 1. The molecule has 28 heavy (non-hydrogen) atoms. The smallest absolute Gasteiger partial charge is 0.252 e. The van der Waals surface area contributed by atoms with Crippen molar-refractivity contribution in [2.45, 2.75) is 31.2 Å². The number of nitrogens with zero attached hydrogens (tertiary/aromatic N) is 1. The van der Waals surface area contributed by atoms with Gasteiger partial charge in [0.05, 0.1) is 12.0 Å². The molecule has 1 aromatic heterocycles. The van der Waals surface area contributed by atoms with Crippen LogP contribution in [0.1, 0.15) is 25.3 Å². The Bertz CT molecular complexity index is 1110. The summed E-state index contributed by atoms with van der Waals surface area (Å²) >= 11 is 0. The van der Waals surface area contributed by atoms with Crippen molar-refractivity contribution in [3.63, 3.8) is 0 Å². The fourth-order valence-electron chi connectivity index (χ4n) is 3.02. The zero-order valence-electron chi connectivity index (χ0n) is 16.0. The minimum atomic E-state index is -3.70. The maximum absolute atomic E-state index is 13.1. The number of aromatic nitrogens is 1. The summed E-state index contributed by atoms with van der Waals surface area (Å²) < 4.78 is 32.8. The second-order valence-electron chi connectivity index (χ2n) is 6.58. The molecule has 0 aliphatic heterocycles. The van der Waals surface area contributed by atoms with Crippen molar-refractivity contribution in [2.75, 3.05) is 13.7 Å². The van der Waals surface area contributed by atoms with Gasteiger partial charge in [-0.3, -0.25) is 4.79 Å². The van der Waals surface area contributed by atoms with Crippen molar-refractivity contribution in [3.8, 4) is 5.75 Å². The first kappa shape index (κ1) is 20.1. The molecule has 0 aliphatic rings. The van der Waals surface area contributed by atoms with E-state index < -0.39 is 10.0 Å². The van der Waals surface area contributed by atoms with Crippen LogP contribution in [0.15, 0.2) is 64.3 Å². The van der Waals surface area contributed by atoms with E-state index in [9.17, 15) is 13.2 Å². The molecule has 0 bridgehead atoms. The van der Waals surface area contributed by atoms with E-state index in [2.05, 4.69) is 4.98 Å². The largest absolute Gasteiger partial charge is 0.497 e. The molecule has 1 heterocycles. The summed E-state index contributed by atoms with van der Waals surface area (Å²) in [6.45, 7) is 2.37. The minimum absolute atomic E-state index is 0.0136. The normalized spacial score (nSPS) is 11.8. The van der Waals surface area contributed by atoms with Crippen LogP contribution in [-0.2, 0) is 16.6 Å². The molecule has 0 saturated heterocycles. The summed E-state index contributed by atoms with van der Waals surface area (Å²) in [7, 11) is -2.12. The first-order valence-electron chi connectivity index (χ1n) is 9.21. The number of rotatable bonds is 8. The van der Waals surface area contributed by atoms with E-state index in [0.29, 0.717) is 29.8 Å². The van der Waals surface area contributed by atoms with Gasteiger partial charge in [-0.2, -0.15) is 4.31 Å². The molecule has 0 amide bonds. The summed E-state index contributed by atoms with van der Waals surface area (Å²) in [6.07, 6.45) is 1.57. The van der Waals surface area contributed by atoms with E-state index in [1.54, 1.807) is 55.6 Å². The van der Waals surface area contributed by atoms with Crippen LogP contribution in [0.4, 0.5) is 0 Å². The molecule has 148 valence electrons. The average Bonchev–Trinajstić information content (AvgIpc) is 2.71. The number of benzene rings is 2. The van der Waals surface area contributed by atoms with Crippen molar-refractivity contribution >= 4 is 20.9 Å². The molecule has 0 fully saturated rings. The Labute approximate surface area is 164 Å². The number of hydrogen-bond acceptors (Lipinski definition) is 4. The molecule has 0 saturated carbocycles. The molecule has 0 aliphatic carbocycles. The number of aromatic amines is 1. The Morgan fingerprint density at radius 3 is 2.50 bits per heavy atom. The van der Waals surface area contributed by atoms with Gasteiger partial charge in [0.1, 0.15) is 5.75 Å². The number of methoxy groups -OCH3 is 1. The Kier molecular flexibility index (Phi) is 6.16. The minimum Gasteiger partial charge on any atom is -0.497 e. The van der Waals surface area contributed by atoms with Crippen LogP contribution in [0.25, 0.3) is 10.9 Å². The van der Waals surface area contributed by atoms with Crippen molar-refractivity contribution in [2.24, 2.45) is 0 Å². The van der Waals surface area contributed by atoms with Crippen molar-refractivity contribution < 1.29 is 13.2 Å². The maximum Gasteiger partial charge on any atom is 0.252 e. The Hall–Kier alpha value is -2.64. The number of sulfonamides is 1. The highest BCUT2D eigenvalue weighted by Crippen LogP contribution is 2.21.